The number of imidazole rings is 1. The van der Waals surface area contributed by atoms with Gasteiger partial charge in [0, 0.05) is 61.7 Å². The van der Waals surface area contributed by atoms with Gasteiger partial charge in [0.1, 0.15) is 17.2 Å². The minimum absolute atomic E-state index is 0.0966. The summed E-state index contributed by atoms with van der Waals surface area (Å²) in [7, 11) is 5.33. The number of ether oxygens (including phenoxy) is 1. The first-order valence-corrected chi connectivity index (χ1v) is 12.2. The standard InChI is InChI=1S/C28H36FN5O2/c1-6-7-8-25(28(35)33(4)5)23(19(2)30)13-14-36-26-15-21(29)10-11-24(26)20-9-12-27-32-17-22(16-31-3)34(27)18-20/h8-12,15,17-18,31H,6-7,13-14,16,30H2,1-5H3/b23-19-,25-8-. The molecule has 36 heavy (non-hydrogen) atoms. The summed E-state index contributed by atoms with van der Waals surface area (Å²) in [4.78, 5) is 18.8. The smallest absolute Gasteiger partial charge is 0.253 e. The van der Waals surface area contributed by atoms with Crippen LogP contribution in [0.3, 0.4) is 0 Å². The van der Waals surface area contributed by atoms with Gasteiger partial charge in [-0.15, -0.1) is 0 Å². The summed E-state index contributed by atoms with van der Waals surface area (Å²) < 4.78 is 22.3. The van der Waals surface area contributed by atoms with Crippen molar-refractivity contribution in [2.75, 3.05) is 27.7 Å². The first-order chi connectivity index (χ1) is 17.3. The van der Waals surface area contributed by atoms with Crippen molar-refractivity contribution in [2.45, 2.75) is 39.7 Å². The second kappa shape index (κ2) is 12.4. The van der Waals surface area contributed by atoms with Crippen LogP contribution in [0.2, 0.25) is 0 Å². The number of carbonyl (C=O) groups excluding carboxylic acids is 1. The molecule has 3 aromatic rings. The summed E-state index contributed by atoms with van der Waals surface area (Å²) in [6, 6.07) is 8.40. The maximum atomic E-state index is 14.2. The number of amides is 1. The van der Waals surface area contributed by atoms with E-state index < -0.39 is 0 Å². The second-order valence-corrected chi connectivity index (χ2v) is 8.93. The third kappa shape index (κ3) is 6.31. The predicted octanol–water partition coefficient (Wildman–Crippen LogP) is 4.68. The molecule has 192 valence electrons. The third-order valence-electron chi connectivity index (χ3n) is 5.88. The molecule has 8 heteroatoms. The fourth-order valence-electron chi connectivity index (χ4n) is 4.03. The third-order valence-corrected chi connectivity index (χ3v) is 5.88. The van der Waals surface area contributed by atoms with E-state index in [2.05, 4.69) is 17.2 Å². The fourth-order valence-corrected chi connectivity index (χ4v) is 4.03. The van der Waals surface area contributed by atoms with Gasteiger partial charge in [-0.3, -0.25) is 4.79 Å². The van der Waals surface area contributed by atoms with Crippen LogP contribution in [-0.2, 0) is 11.3 Å². The van der Waals surface area contributed by atoms with E-state index in [-0.39, 0.29) is 18.3 Å². The molecule has 1 aromatic carbocycles. The van der Waals surface area contributed by atoms with Crippen LogP contribution in [0.25, 0.3) is 16.8 Å². The Balaban J connectivity index is 1.88. The van der Waals surface area contributed by atoms with E-state index in [0.717, 1.165) is 40.9 Å². The summed E-state index contributed by atoms with van der Waals surface area (Å²) in [5.41, 5.74) is 11.6. The van der Waals surface area contributed by atoms with E-state index in [1.807, 2.05) is 42.1 Å². The Hall–Kier alpha value is -3.65. The zero-order valence-electron chi connectivity index (χ0n) is 21.8. The second-order valence-electron chi connectivity index (χ2n) is 8.93. The Morgan fingerprint density at radius 1 is 1.28 bits per heavy atom. The first kappa shape index (κ1) is 26.9. The highest BCUT2D eigenvalue weighted by Gasteiger charge is 2.18. The molecule has 7 nitrogen and oxygen atoms in total. The van der Waals surface area contributed by atoms with Crippen molar-refractivity contribution in [2.24, 2.45) is 5.73 Å². The number of hydrogen-bond acceptors (Lipinski definition) is 5. The van der Waals surface area contributed by atoms with Gasteiger partial charge in [-0.2, -0.15) is 0 Å². The number of nitrogens with zero attached hydrogens (tertiary/aromatic N) is 3. The van der Waals surface area contributed by atoms with Crippen LogP contribution in [0.5, 0.6) is 5.75 Å². The number of halogens is 1. The molecule has 1 amide bonds. The van der Waals surface area contributed by atoms with E-state index in [1.165, 1.54) is 12.1 Å². The van der Waals surface area contributed by atoms with Gasteiger partial charge in [-0.25, -0.2) is 9.37 Å². The van der Waals surface area contributed by atoms with Gasteiger partial charge in [0.05, 0.1) is 18.5 Å². The Labute approximate surface area is 212 Å². The molecule has 0 saturated carbocycles. The van der Waals surface area contributed by atoms with Gasteiger partial charge in [0.2, 0.25) is 0 Å². The minimum atomic E-state index is -0.384. The van der Waals surface area contributed by atoms with Crippen molar-refractivity contribution in [1.82, 2.24) is 19.6 Å². The van der Waals surface area contributed by atoms with Crippen LogP contribution in [0.1, 0.15) is 38.8 Å². The quantitative estimate of drug-likeness (QED) is 0.299. The maximum Gasteiger partial charge on any atom is 0.253 e. The molecule has 2 aromatic heterocycles. The molecule has 0 unspecified atom stereocenters. The molecule has 0 spiro atoms. The van der Waals surface area contributed by atoms with Crippen LogP contribution in [0, 0.1) is 5.82 Å². The number of likely N-dealkylation sites (N-methyl/N-ethyl adjacent to an activating group) is 1. The summed E-state index contributed by atoms with van der Waals surface area (Å²) in [5, 5.41) is 3.14. The summed E-state index contributed by atoms with van der Waals surface area (Å²) in [5.74, 6) is -0.0530. The highest BCUT2D eigenvalue weighted by Crippen LogP contribution is 2.32. The molecule has 0 fully saturated rings. The molecular formula is C28H36FN5O2. The number of carbonyl (C=O) groups is 1. The zero-order chi connectivity index (χ0) is 26.2. The monoisotopic (exact) mass is 493 g/mol. The number of aromatic nitrogens is 2. The van der Waals surface area contributed by atoms with E-state index in [4.69, 9.17) is 10.5 Å². The molecule has 2 heterocycles. The largest absolute Gasteiger partial charge is 0.492 e. The van der Waals surface area contributed by atoms with Crippen LogP contribution in [0.4, 0.5) is 4.39 Å². The number of nitrogens with one attached hydrogen (secondary N) is 1. The van der Waals surface area contributed by atoms with Crippen LogP contribution in [0.15, 0.2) is 65.6 Å². The lowest BCUT2D eigenvalue weighted by Crippen LogP contribution is -2.26. The highest BCUT2D eigenvalue weighted by atomic mass is 19.1. The minimum Gasteiger partial charge on any atom is -0.492 e. The average Bonchev–Trinajstić information content (AvgIpc) is 3.25. The highest BCUT2D eigenvalue weighted by molar-refractivity contribution is 5.97. The lowest BCUT2D eigenvalue weighted by atomic mass is 9.98. The Kier molecular flexibility index (Phi) is 9.25. The maximum absolute atomic E-state index is 14.2. The van der Waals surface area contributed by atoms with Gasteiger partial charge in [0.25, 0.3) is 5.91 Å². The zero-order valence-corrected chi connectivity index (χ0v) is 21.8. The molecule has 0 bridgehead atoms. The lowest BCUT2D eigenvalue weighted by Gasteiger charge is -2.19. The van der Waals surface area contributed by atoms with Crippen molar-refractivity contribution < 1.29 is 13.9 Å². The number of allylic oxidation sites excluding steroid dienone is 2. The lowest BCUT2D eigenvalue weighted by molar-refractivity contribution is -0.124. The van der Waals surface area contributed by atoms with Crippen LogP contribution < -0.4 is 15.8 Å². The Morgan fingerprint density at radius 2 is 2.06 bits per heavy atom. The van der Waals surface area contributed by atoms with Crippen molar-refractivity contribution in [3.63, 3.8) is 0 Å². The van der Waals surface area contributed by atoms with Gasteiger partial charge in [0.15, 0.2) is 0 Å². The summed E-state index contributed by atoms with van der Waals surface area (Å²) >= 11 is 0. The van der Waals surface area contributed by atoms with E-state index in [9.17, 15) is 9.18 Å². The van der Waals surface area contributed by atoms with Crippen molar-refractivity contribution >= 4 is 11.6 Å². The Morgan fingerprint density at radius 3 is 2.72 bits per heavy atom. The van der Waals surface area contributed by atoms with E-state index in [0.29, 0.717) is 30.0 Å². The molecule has 0 saturated heterocycles. The van der Waals surface area contributed by atoms with Gasteiger partial charge < -0.3 is 25.1 Å². The van der Waals surface area contributed by atoms with Crippen molar-refractivity contribution in [3.8, 4) is 16.9 Å². The number of pyridine rings is 1. The molecular weight excluding hydrogens is 457 g/mol. The number of hydrogen-bond donors (Lipinski definition) is 2. The molecule has 0 aliphatic rings. The number of unbranched alkanes of at least 4 members (excludes halogenated alkanes) is 1. The number of rotatable bonds is 11. The predicted molar refractivity (Wildman–Crippen MR) is 142 cm³/mol. The van der Waals surface area contributed by atoms with E-state index >= 15 is 0 Å². The Bertz CT molecular complexity index is 1270. The average molecular weight is 494 g/mol. The van der Waals surface area contributed by atoms with Crippen LogP contribution in [-0.4, -0.2) is 47.9 Å². The first-order valence-electron chi connectivity index (χ1n) is 12.2. The number of nitrogens with two attached hydrogens (primary N) is 1. The van der Waals surface area contributed by atoms with Gasteiger partial charge in [-0.05, 0) is 50.2 Å². The van der Waals surface area contributed by atoms with Crippen molar-refractivity contribution in [1.29, 1.82) is 0 Å². The summed E-state index contributed by atoms with van der Waals surface area (Å²) in [6.45, 7) is 4.76. The molecule has 0 aliphatic carbocycles. The van der Waals surface area contributed by atoms with Gasteiger partial charge >= 0.3 is 0 Å². The SMILES string of the molecule is CCC/C=C(C(=O)N(C)C)/C(CCOc1cc(F)ccc1-c1ccc2ncc(CNC)n2c1)=C(/C)N. The van der Waals surface area contributed by atoms with Gasteiger partial charge in [-0.1, -0.05) is 19.4 Å². The normalized spacial score (nSPS) is 12.6. The van der Waals surface area contributed by atoms with E-state index in [1.54, 1.807) is 32.0 Å². The summed E-state index contributed by atoms with van der Waals surface area (Å²) in [6.07, 6.45) is 7.85. The van der Waals surface area contributed by atoms with Crippen LogP contribution >= 0.6 is 0 Å². The molecule has 0 atom stereocenters. The number of fused-ring (bicyclic) bond motifs is 1. The number of benzene rings is 1. The topological polar surface area (TPSA) is 84.9 Å². The molecule has 0 radical (unpaired) electrons. The fraction of sp³-hybridized carbons (Fsp3) is 0.357. The molecule has 0 aliphatic heterocycles. The van der Waals surface area contributed by atoms with Crippen molar-refractivity contribution in [3.05, 3.63) is 77.2 Å². The molecule has 3 rings (SSSR count). The molecule has 3 N–H and O–H groups in total.